The Labute approximate surface area is 203 Å². The predicted octanol–water partition coefficient (Wildman–Crippen LogP) is -0.720. The molecule has 0 heterocycles. The quantitative estimate of drug-likeness (QED) is 0.147. The normalized spacial score (nSPS) is 15.4. The minimum Gasteiger partial charge on any atom is -0.480 e. The van der Waals surface area contributed by atoms with Crippen molar-refractivity contribution in [1.29, 1.82) is 0 Å². The van der Waals surface area contributed by atoms with E-state index in [1.165, 1.54) is 23.5 Å². The standard InChI is InChI=1S/C20H37N5O6S2/c1-5-11(2)16(22)19(29)24-13(7-9-33-4)17(27)23-12(6-8-32-3)18(28)25-14(20(30)31)10-15(21)26/h11-14,16H,5-10,22H2,1-4H3,(H2,21,26)(H,23,27)(H,24,29)(H,25,28)(H,30,31). The maximum Gasteiger partial charge on any atom is 0.326 e. The lowest BCUT2D eigenvalue weighted by Crippen LogP contribution is -2.58. The average molecular weight is 508 g/mol. The van der Waals surface area contributed by atoms with Gasteiger partial charge in [-0.05, 0) is 42.8 Å². The molecule has 0 fully saturated rings. The van der Waals surface area contributed by atoms with Gasteiger partial charge in [0.15, 0.2) is 0 Å². The van der Waals surface area contributed by atoms with Crippen molar-refractivity contribution in [3.63, 3.8) is 0 Å². The van der Waals surface area contributed by atoms with E-state index >= 15 is 0 Å². The molecule has 0 spiro atoms. The van der Waals surface area contributed by atoms with E-state index in [2.05, 4.69) is 16.0 Å². The maximum absolute atomic E-state index is 13.0. The van der Waals surface area contributed by atoms with E-state index in [1.807, 2.05) is 26.4 Å². The van der Waals surface area contributed by atoms with Crippen LogP contribution in [0, 0.1) is 5.92 Å². The van der Waals surface area contributed by atoms with Crippen LogP contribution in [0.5, 0.6) is 0 Å². The summed E-state index contributed by atoms with van der Waals surface area (Å²) in [6.45, 7) is 3.75. The topological polar surface area (TPSA) is 194 Å². The Kier molecular flexibility index (Phi) is 15.6. The molecule has 13 heteroatoms. The lowest BCUT2D eigenvalue weighted by Gasteiger charge is -2.26. The number of nitrogens with two attached hydrogens (primary N) is 2. The monoisotopic (exact) mass is 507 g/mol. The first kappa shape index (κ1) is 31.0. The molecule has 0 aromatic carbocycles. The fourth-order valence-electron chi connectivity index (χ4n) is 2.74. The molecule has 0 aliphatic rings. The summed E-state index contributed by atoms with van der Waals surface area (Å²) in [4.78, 5) is 60.7. The number of rotatable bonds is 17. The molecule has 0 saturated carbocycles. The van der Waals surface area contributed by atoms with Gasteiger partial charge in [0.1, 0.15) is 18.1 Å². The van der Waals surface area contributed by atoms with Crippen LogP contribution < -0.4 is 27.4 Å². The summed E-state index contributed by atoms with van der Waals surface area (Å²) in [5.74, 6) is -3.07. The molecule has 8 N–H and O–H groups in total. The lowest BCUT2D eigenvalue weighted by molar-refractivity contribution is -0.143. The first-order valence-corrected chi connectivity index (χ1v) is 13.4. The molecule has 4 amide bonds. The van der Waals surface area contributed by atoms with Crippen molar-refractivity contribution in [1.82, 2.24) is 16.0 Å². The average Bonchev–Trinajstić information content (AvgIpc) is 2.76. The minimum atomic E-state index is -1.51. The highest BCUT2D eigenvalue weighted by Gasteiger charge is 2.31. The molecule has 5 atom stereocenters. The van der Waals surface area contributed by atoms with E-state index in [9.17, 15) is 29.1 Å². The zero-order valence-electron chi connectivity index (χ0n) is 19.6. The summed E-state index contributed by atoms with van der Waals surface area (Å²) < 4.78 is 0. The van der Waals surface area contributed by atoms with Crippen LogP contribution in [0.3, 0.4) is 0 Å². The van der Waals surface area contributed by atoms with Gasteiger partial charge in [-0.3, -0.25) is 19.2 Å². The highest BCUT2D eigenvalue weighted by molar-refractivity contribution is 7.98. The van der Waals surface area contributed by atoms with Crippen LogP contribution in [0.15, 0.2) is 0 Å². The maximum atomic E-state index is 13.0. The molecule has 0 radical (unpaired) electrons. The van der Waals surface area contributed by atoms with Gasteiger partial charge in [0.2, 0.25) is 23.6 Å². The fraction of sp³-hybridized carbons (Fsp3) is 0.750. The molecule has 11 nitrogen and oxygen atoms in total. The fourth-order valence-corrected chi connectivity index (χ4v) is 3.68. The van der Waals surface area contributed by atoms with Crippen LogP contribution >= 0.6 is 23.5 Å². The minimum absolute atomic E-state index is 0.0763. The van der Waals surface area contributed by atoms with Gasteiger partial charge in [-0.2, -0.15) is 23.5 Å². The van der Waals surface area contributed by atoms with E-state index in [4.69, 9.17) is 11.5 Å². The predicted molar refractivity (Wildman–Crippen MR) is 131 cm³/mol. The van der Waals surface area contributed by atoms with Gasteiger partial charge in [-0.25, -0.2) is 4.79 Å². The Bertz CT molecular complexity index is 681. The smallest absolute Gasteiger partial charge is 0.326 e. The molecular formula is C20H37N5O6S2. The highest BCUT2D eigenvalue weighted by atomic mass is 32.2. The Morgan fingerprint density at radius 3 is 1.64 bits per heavy atom. The molecule has 0 aliphatic carbocycles. The van der Waals surface area contributed by atoms with Gasteiger partial charge < -0.3 is 32.5 Å². The first-order chi connectivity index (χ1) is 15.5. The number of nitrogens with one attached hydrogen (secondary N) is 3. The molecule has 0 rings (SSSR count). The zero-order chi connectivity index (χ0) is 25.6. The van der Waals surface area contributed by atoms with Crippen molar-refractivity contribution in [3.05, 3.63) is 0 Å². The summed E-state index contributed by atoms with van der Waals surface area (Å²) in [5.41, 5.74) is 11.0. The van der Waals surface area contributed by atoms with Gasteiger partial charge >= 0.3 is 5.97 Å². The molecule has 0 aromatic heterocycles. The molecule has 0 aromatic rings. The molecule has 0 saturated heterocycles. The summed E-state index contributed by atoms with van der Waals surface area (Å²) >= 11 is 2.94. The van der Waals surface area contributed by atoms with Gasteiger partial charge in [0.25, 0.3) is 0 Å². The van der Waals surface area contributed by atoms with Gasteiger partial charge in [-0.15, -0.1) is 0 Å². The third-order valence-corrected chi connectivity index (χ3v) is 6.35. The Morgan fingerprint density at radius 2 is 1.27 bits per heavy atom. The number of carboxylic acid groups (broad SMARTS) is 1. The Balaban J connectivity index is 5.46. The van der Waals surface area contributed by atoms with Gasteiger partial charge in [0.05, 0.1) is 12.5 Å². The molecule has 190 valence electrons. The SMILES string of the molecule is CCC(C)C(N)C(=O)NC(CCSC)C(=O)NC(CCSC)C(=O)NC(CC(N)=O)C(=O)O. The van der Waals surface area contributed by atoms with Crippen LogP contribution in [0.25, 0.3) is 0 Å². The number of thioether (sulfide) groups is 2. The second-order valence-corrected chi connectivity index (χ2v) is 9.64. The van der Waals surface area contributed by atoms with Crippen molar-refractivity contribution >= 4 is 53.1 Å². The van der Waals surface area contributed by atoms with Crippen molar-refractivity contribution in [3.8, 4) is 0 Å². The largest absolute Gasteiger partial charge is 0.480 e. The van der Waals surface area contributed by atoms with Crippen LogP contribution in [0.4, 0.5) is 0 Å². The number of carboxylic acids is 1. The number of hydrogen-bond acceptors (Lipinski definition) is 8. The molecule has 0 bridgehead atoms. The summed E-state index contributed by atoms with van der Waals surface area (Å²) in [5, 5.41) is 16.8. The van der Waals surface area contributed by atoms with E-state index < -0.39 is 60.2 Å². The number of carbonyl (C=O) groups is 5. The van der Waals surface area contributed by atoms with Gasteiger partial charge in [0, 0.05) is 0 Å². The van der Waals surface area contributed by atoms with Crippen LogP contribution in [-0.4, -0.2) is 82.9 Å². The highest BCUT2D eigenvalue weighted by Crippen LogP contribution is 2.09. The van der Waals surface area contributed by atoms with E-state index in [0.717, 1.165) is 0 Å². The molecular weight excluding hydrogens is 470 g/mol. The summed E-state index contributed by atoms with van der Waals surface area (Å²) in [7, 11) is 0. The van der Waals surface area contributed by atoms with Crippen LogP contribution in [0.1, 0.15) is 39.5 Å². The number of hydrogen-bond donors (Lipinski definition) is 6. The first-order valence-electron chi connectivity index (χ1n) is 10.6. The van der Waals surface area contributed by atoms with Crippen molar-refractivity contribution in [2.45, 2.75) is 63.7 Å². The second kappa shape index (κ2) is 16.6. The number of aliphatic carboxylic acids is 1. The second-order valence-electron chi connectivity index (χ2n) is 7.67. The molecule has 33 heavy (non-hydrogen) atoms. The summed E-state index contributed by atoms with van der Waals surface area (Å²) in [6, 6.07) is -4.26. The third kappa shape index (κ3) is 12.2. The molecule has 5 unspecified atom stereocenters. The van der Waals surface area contributed by atoms with Crippen molar-refractivity contribution in [2.24, 2.45) is 17.4 Å². The summed E-state index contributed by atoms with van der Waals surface area (Å²) in [6.07, 6.45) is 4.34. The zero-order valence-corrected chi connectivity index (χ0v) is 21.2. The van der Waals surface area contributed by atoms with Crippen LogP contribution in [-0.2, 0) is 24.0 Å². The third-order valence-electron chi connectivity index (χ3n) is 5.07. The van der Waals surface area contributed by atoms with E-state index in [1.54, 1.807) is 0 Å². The van der Waals surface area contributed by atoms with Gasteiger partial charge in [-0.1, -0.05) is 20.3 Å². The van der Waals surface area contributed by atoms with Crippen molar-refractivity contribution in [2.75, 3.05) is 24.0 Å². The number of primary amides is 1. The lowest BCUT2D eigenvalue weighted by atomic mass is 9.99. The van der Waals surface area contributed by atoms with Crippen LogP contribution in [0.2, 0.25) is 0 Å². The number of carbonyl (C=O) groups excluding carboxylic acids is 4. The Hall–Kier alpha value is -1.99. The number of amides is 4. The van der Waals surface area contributed by atoms with E-state index in [0.29, 0.717) is 24.3 Å². The Morgan fingerprint density at radius 1 is 0.848 bits per heavy atom. The van der Waals surface area contributed by atoms with E-state index in [-0.39, 0.29) is 12.3 Å². The van der Waals surface area contributed by atoms with Crippen molar-refractivity contribution < 1.29 is 29.1 Å². The molecule has 0 aliphatic heterocycles.